The molecule has 0 bridgehead atoms. The molecule has 3 aromatic rings. The first kappa shape index (κ1) is 17.9. The topological polar surface area (TPSA) is 83.0 Å². The lowest BCUT2D eigenvalue weighted by Gasteiger charge is -2.09. The van der Waals surface area contributed by atoms with Gasteiger partial charge in [0.2, 0.25) is 0 Å². The maximum Gasteiger partial charge on any atom is 0.305 e. The number of hydrogen-bond acceptors (Lipinski definition) is 5. The standard InChI is InChI=1S/C20H24N4O2/c1-4-17-23-19-13(3)16(21)12-22-20(19)24(17)15-8-6-14(7-9-15)10-11-26-18(25)5-2/h6-9,12H,4-5,10-11,21H2,1-3H3. The van der Waals surface area contributed by atoms with Crippen LogP contribution in [-0.2, 0) is 22.4 Å². The van der Waals surface area contributed by atoms with Crippen molar-refractivity contribution in [3.63, 3.8) is 0 Å². The highest BCUT2D eigenvalue weighted by Crippen LogP contribution is 2.25. The average Bonchev–Trinajstić information content (AvgIpc) is 3.04. The Morgan fingerprint density at radius 3 is 2.62 bits per heavy atom. The van der Waals surface area contributed by atoms with Crippen LogP contribution in [0.25, 0.3) is 16.9 Å². The molecule has 0 amide bonds. The second kappa shape index (κ2) is 7.56. The van der Waals surface area contributed by atoms with E-state index in [1.807, 2.05) is 31.2 Å². The van der Waals surface area contributed by atoms with E-state index in [1.54, 1.807) is 13.1 Å². The zero-order valence-corrected chi connectivity index (χ0v) is 15.5. The summed E-state index contributed by atoms with van der Waals surface area (Å²) >= 11 is 0. The third kappa shape index (κ3) is 3.40. The van der Waals surface area contributed by atoms with E-state index in [0.717, 1.165) is 40.2 Å². The van der Waals surface area contributed by atoms with Gasteiger partial charge in [-0.05, 0) is 24.6 Å². The minimum absolute atomic E-state index is 0.167. The molecule has 2 N–H and O–H groups in total. The summed E-state index contributed by atoms with van der Waals surface area (Å²) in [6.07, 6.45) is 3.59. The van der Waals surface area contributed by atoms with Crippen molar-refractivity contribution in [1.82, 2.24) is 14.5 Å². The lowest BCUT2D eigenvalue weighted by Crippen LogP contribution is -2.06. The highest BCUT2D eigenvalue weighted by atomic mass is 16.5. The number of pyridine rings is 1. The van der Waals surface area contributed by atoms with E-state index >= 15 is 0 Å². The molecule has 26 heavy (non-hydrogen) atoms. The number of anilines is 1. The van der Waals surface area contributed by atoms with Crippen molar-refractivity contribution >= 4 is 22.8 Å². The largest absolute Gasteiger partial charge is 0.465 e. The molecule has 3 rings (SSSR count). The number of esters is 1. The molecule has 1 aromatic carbocycles. The van der Waals surface area contributed by atoms with Gasteiger partial charge in [0.05, 0.1) is 18.5 Å². The van der Waals surface area contributed by atoms with Gasteiger partial charge in [-0.1, -0.05) is 26.0 Å². The number of fused-ring (bicyclic) bond motifs is 1. The van der Waals surface area contributed by atoms with E-state index in [-0.39, 0.29) is 5.97 Å². The predicted molar refractivity (Wildman–Crippen MR) is 102 cm³/mol. The molecular weight excluding hydrogens is 328 g/mol. The van der Waals surface area contributed by atoms with E-state index in [2.05, 4.69) is 16.5 Å². The fraction of sp³-hybridized carbons (Fsp3) is 0.350. The summed E-state index contributed by atoms with van der Waals surface area (Å²) in [6, 6.07) is 8.18. The van der Waals surface area contributed by atoms with Crippen LogP contribution in [-0.4, -0.2) is 27.1 Å². The van der Waals surface area contributed by atoms with Gasteiger partial charge in [-0.2, -0.15) is 0 Å². The quantitative estimate of drug-likeness (QED) is 0.688. The first-order valence-electron chi connectivity index (χ1n) is 8.92. The van der Waals surface area contributed by atoms with Crippen LogP contribution < -0.4 is 5.73 Å². The molecular formula is C20H24N4O2. The molecule has 0 aliphatic rings. The van der Waals surface area contributed by atoms with Crippen LogP contribution in [0.5, 0.6) is 0 Å². The molecule has 0 atom stereocenters. The normalized spacial score (nSPS) is 11.0. The van der Waals surface area contributed by atoms with Crippen molar-refractivity contribution < 1.29 is 9.53 Å². The number of nitrogens with zero attached hydrogens (tertiary/aromatic N) is 3. The molecule has 0 unspecified atom stereocenters. The van der Waals surface area contributed by atoms with Crippen molar-refractivity contribution in [3.05, 3.63) is 47.4 Å². The van der Waals surface area contributed by atoms with Gasteiger partial charge in [0.25, 0.3) is 0 Å². The molecule has 0 aliphatic heterocycles. The molecule has 6 heteroatoms. The molecule has 0 fully saturated rings. The molecule has 6 nitrogen and oxygen atoms in total. The molecule has 2 aromatic heterocycles. The van der Waals surface area contributed by atoms with Crippen LogP contribution in [0.15, 0.2) is 30.5 Å². The molecule has 136 valence electrons. The summed E-state index contributed by atoms with van der Waals surface area (Å²) in [4.78, 5) is 20.4. The van der Waals surface area contributed by atoms with Gasteiger partial charge in [0.1, 0.15) is 11.3 Å². The molecule has 2 heterocycles. The van der Waals surface area contributed by atoms with E-state index in [4.69, 9.17) is 15.5 Å². The van der Waals surface area contributed by atoms with Crippen molar-refractivity contribution in [1.29, 1.82) is 0 Å². The number of hydrogen-bond donors (Lipinski definition) is 1. The number of aromatic nitrogens is 3. The highest BCUT2D eigenvalue weighted by molar-refractivity contribution is 5.81. The van der Waals surface area contributed by atoms with Gasteiger partial charge >= 0.3 is 5.97 Å². The van der Waals surface area contributed by atoms with Crippen LogP contribution in [0, 0.1) is 6.92 Å². The predicted octanol–water partition coefficient (Wildman–Crippen LogP) is 3.37. The first-order valence-corrected chi connectivity index (χ1v) is 8.92. The highest BCUT2D eigenvalue weighted by Gasteiger charge is 2.15. The number of imidazole rings is 1. The average molecular weight is 352 g/mol. The van der Waals surface area contributed by atoms with Crippen LogP contribution in [0.1, 0.15) is 37.2 Å². The van der Waals surface area contributed by atoms with Gasteiger partial charge in [-0.15, -0.1) is 0 Å². The van der Waals surface area contributed by atoms with Gasteiger partial charge in [-0.3, -0.25) is 9.36 Å². The second-order valence-corrected chi connectivity index (χ2v) is 6.22. The van der Waals surface area contributed by atoms with Crippen molar-refractivity contribution in [2.24, 2.45) is 0 Å². The summed E-state index contributed by atoms with van der Waals surface area (Å²) in [5.41, 5.74) is 11.4. The summed E-state index contributed by atoms with van der Waals surface area (Å²) in [5, 5.41) is 0. The third-order valence-corrected chi connectivity index (χ3v) is 4.49. The van der Waals surface area contributed by atoms with Crippen LogP contribution in [0.4, 0.5) is 5.69 Å². The Morgan fingerprint density at radius 1 is 1.23 bits per heavy atom. The zero-order valence-electron chi connectivity index (χ0n) is 15.5. The zero-order chi connectivity index (χ0) is 18.7. The summed E-state index contributed by atoms with van der Waals surface area (Å²) in [7, 11) is 0. The van der Waals surface area contributed by atoms with Crippen molar-refractivity contribution in [2.75, 3.05) is 12.3 Å². The molecule has 0 aliphatic carbocycles. The maximum atomic E-state index is 11.2. The minimum Gasteiger partial charge on any atom is -0.465 e. The van der Waals surface area contributed by atoms with Crippen LogP contribution in [0.2, 0.25) is 0 Å². The third-order valence-electron chi connectivity index (χ3n) is 4.49. The van der Waals surface area contributed by atoms with E-state index in [1.165, 1.54) is 0 Å². The Balaban J connectivity index is 1.89. The summed E-state index contributed by atoms with van der Waals surface area (Å²) in [6.45, 7) is 6.24. The molecule has 0 saturated carbocycles. The molecule has 0 spiro atoms. The smallest absolute Gasteiger partial charge is 0.305 e. The number of nitrogens with two attached hydrogens (primary N) is 1. The number of carbonyl (C=O) groups excluding carboxylic acids is 1. The lowest BCUT2D eigenvalue weighted by molar-refractivity contribution is -0.143. The van der Waals surface area contributed by atoms with E-state index in [9.17, 15) is 4.79 Å². The number of nitrogen functional groups attached to an aromatic ring is 1. The van der Waals surface area contributed by atoms with Crippen LogP contribution >= 0.6 is 0 Å². The fourth-order valence-electron chi connectivity index (χ4n) is 2.90. The van der Waals surface area contributed by atoms with E-state index < -0.39 is 0 Å². The number of rotatable bonds is 6. The number of carbonyl (C=O) groups is 1. The number of benzene rings is 1. The van der Waals surface area contributed by atoms with Gasteiger partial charge in [0, 0.05) is 30.5 Å². The molecule has 0 radical (unpaired) electrons. The lowest BCUT2D eigenvalue weighted by atomic mass is 10.1. The van der Waals surface area contributed by atoms with Gasteiger partial charge < -0.3 is 10.5 Å². The Bertz CT molecular complexity index is 929. The van der Waals surface area contributed by atoms with E-state index in [0.29, 0.717) is 25.1 Å². The Morgan fingerprint density at radius 2 is 1.96 bits per heavy atom. The number of ether oxygens (including phenoxy) is 1. The van der Waals surface area contributed by atoms with Crippen molar-refractivity contribution in [3.8, 4) is 5.69 Å². The van der Waals surface area contributed by atoms with Crippen LogP contribution in [0.3, 0.4) is 0 Å². The maximum absolute atomic E-state index is 11.2. The van der Waals surface area contributed by atoms with Gasteiger partial charge in [-0.25, -0.2) is 9.97 Å². The minimum atomic E-state index is -0.167. The fourth-order valence-corrected chi connectivity index (χ4v) is 2.90. The monoisotopic (exact) mass is 352 g/mol. The Hall–Kier alpha value is -2.89. The number of aryl methyl sites for hydroxylation is 2. The second-order valence-electron chi connectivity index (χ2n) is 6.22. The summed E-state index contributed by atoms with van der Waals surface area (Å²) in [5.74, 6) is 0.783. The molecule has 0 saturated heterocycles. The first-order chi connectivity index (χ1) is 12.5. The SMILES string of the molecule is CCC(=O)OCCc1ccc(-n2c(CC)nc3c(C)c(N)cnc32)cc1. The van der Waals surface area contributed by atoms with Crippen molar-refractivity contribution in [2.45, 2.75) is 40.0 Å². The van der Waals surface area contributed by atoms with Gasteiger partial charge in [0.15, 0.2) is 5.65 Å². The summed E-state index contributed by atoms with van der Waals surface area (Å²) < 4.78 is 7.21. The Labute approximate surface area is 153 Å². The Kier molecular flexibility index (Phi) is 5.21.